The summed E-state index contributed by atoms with van der Waals surface area (Å²) in [6, 6.07) is 26.4. The molecule has 0 N–H and O–H groups in total. The van der Waals surface area contributed by atoms with Gasteiger partial charge in [-0.05, 0) is 65.4 Å². The van der Waals surface area contributed by atoms with Gasteiger partial charge in [0.2, 0.25) is 5.90 Å². The van der Waals surface area contributed by atoms with Crippen LogP contribution in [0, 0.1) is 0 Å². The van der Waals surface area contributed by atoms with E-state index in [1.54, 1.807) is 24.3 Å². The summed E-state index contributed by atoms with van der Waals surface area (Å²) in [5.41, 5.74) is 3.17. The highest BCUT2D eigenvalue weighted by Gasteiger charge is 2.04. The number of nitrogens with zero attached hydrogens (tertiary/aromatic N) is 3. The molecule has 0 atom stereocenters. The van der Waals surface area contributed by atoms with Crippen molar-refractivity contribution in [2.24, 2.45) is 4.99 Å². The highest BCUT2D eigenvalue weighted by Crippen LogP contribution is 2.22. The van der Waals surface area contributed by atoms with Crippen molar-refractivity contribution < 1.29 is 4.74 Å². The predicted molar refractivity (Wildman–Crippen MR) is 133 cm³/mol. The SMILES string of the molecule is CC(C)c1ccc(N=C(C=CSc2ccccc2)Oc2ccc(-n3ccnc3)cc2)cc1. The Hall–Kier alpha value is -3.57. The molecular formula is C27H25N3OS. The van der Waals surface area contributed by atoms with E-state index in [2.05, 4.69) is 43.1 Å². The van der Waals surface area contributed by atoms with Crippen molar-refractivity contribution in [2.75, 3.05) is 0 Å². The minimum absolute atomic E-state index is 0.486. The quantitative estimate of drug-likeness (QED) is 0.171. The molecule has 160 valence electrons. The maximum Gasteiger partial charge on any atom is 0.220 e. The minimum Gasteiger partial charge on any atom is -0.439 e. The van der Waals surface area contributed by atoms with Gasteiger partial charge in [0.25, 0.3) is 0 Å². The Morgan fingerprint density at radius 2 is 1.72 bits per heavy atom. The molecule has 0 radical (unpaired) electrons. The van der Waals surface area contributed by atoms with E-state index < -0.39 is 0 Å². The topological polar surface area (TPSA) is 39.4 Å². The van der Waals surface area contributed by atoms with Crippen molar-refractivity contribution in [1.82, 2.24) is 9.55 Å². The zero-order valence-corrected chi connectivity index (χ0v) is 18.9. The number of imidazole rings is 1. The maximum absolute atomic E-state index is 6.13. The number of aromatic nitrogens is 2. The van der Waals surface area contributed by atoms with Gasteiger partial charge in [0.15, 0.2) is 0 Å². The van der Waals surface area contributed by atoms with E-state index in [1.807, 2.05) is 76.8 Å². The zero-order valence-electron chi connectivity index (χ0n) is 18.1. The molecule has 0 fully saturated rings. The van der Waals surface area contributed by atoms with Crippen LogP contribution in [-0.4, -0.2) is 15.4 Å². The fourth-order valence-electron chi connectivity index (χ4n) is 3.04. The summed E-state index contributed by atoms with van der Waals surface area (Å²) in [5.74, 6) is 1.74. The molecular weight excluding hydrogens is 414 g/mol. The average Bonchev–Trinajstić information content (AvgIpc) is 3.36. The lowest BCUT2D eigenvalue weighted by molar-refractivity contribution is 0.555. The van der Waals surface area contributed by atoms with Gasteiger partial charge in [0, 0.05) is 29.1 Å². The van der Waals surface area contributed by atoms with Gasteiger partial charge in [0.1, 0.15) is 5.75 Å². The van der Waals surface area contributed by atoms with E-state index >= 15 is 0 Å². The third-order valence-electron chi connectivity index (χ3n) is 4.82. The Morgan fingerprint density at radius 3 is 2.38 bits per heavy atom. The second kappa shape index (κ2) is 10.6. The van der Waals surface area contributed by atoms with E-state index in [9.17, 15) is 0 Å². The van der Waals surface area contributed by atoms with E-state index in [0.717, 1.165) is 22.0 Å². The molecule has 4 nitrogen and oxygen atoms in total. The van der Waals surface area contributed by atoms with Crippen LogP contribution < -0.4 is 4.74 Å². The molecule has 0 spiro atoms. The van der Waals surface area contributed by atoms with Crippen LogP contribution in [0.25, 0.3) is 5.69 Å². The average molecular weight is 440 g/mol. The first kappa shape index (κ1) is 21.7. The lowest BCUT2D eigenvalue weighted by atomic mass is 10.0. The molecule has 0 amide bonds. The molecule has 0 aliphatic carbocycles. The predicted octanol–water partition coefficient (Wildman–Crippen LogP) is 7.41. The molecule has 1 aromatic heterocycles. The second-order valence-electron chi connectivity index (χ2n) is 7.50. The Kier molecular flexibility index (Phi) is 7.20. The Bertz CT molecular complexity index is 1160. The van der Waals surface area contributed by atoms with Crippen LogP contribution >= 0.6 is 11.8 Å². The smallest absolute Gasteiger partial charge is 0.220 e. The van der Waals surface area contributed by atoms with Crippen molar-refractivity contribution in [3.63, 3.8) is 0 Å². The monoisotopic (exact) mass is 439 g/mol. The molecule has 0 aliphatic rings. The van der Waals surface area contributed by atoms with Gasteiger partial charge in [-0.15, -0.1) is 0 Å². The molecule has 0 aliphatic heterocycles. The molecule has 0 unspecified atom stereocenters. The highest BCUT2D eigenvalue weighted by molar-refractivity contribution is 8.02. The molecule has 0 saturated carbocycles. The summed E-state index contributed by atoms with van der Waals surface area (Å²) < 4.78 is 8.08. The molecule has 3 aromatic carbocycles. The maximum atomic E-state index is 6.13. The van der Waals surface area contributed by atoms with E-state index in [4.69, 9.17) is 9.73 Å². The van der Waals surface area contributed by atoms with Gasteiger partial charge in [-0.1, -0.05) is 55.9 Å². The molecule has 4 aromatic rings. The summed E-state index contributed by atoms with van der Waals surface area (Å²) in [5, 5.41) is 2.00. The van der Waals surface area contributed by atoms with Crippen molar-refractivity contribution in [2.45, 2.75) is 24.7 Å². The van der Waals surface area contributed by atoms with Crippen LogP contribution in [-0.2, 0) is 0 Å². The van der Waals surface area contributed by atoms with Crippen molar-refractivity contribution in [1.29, 1.82) is 0 Å². The molecule has 5 heteroatoms. The standard InChI is InChI=1S/C27H25N3OS/c1-21(2)22-8-10-23(11-9-22)29-27(16-19-32-26-6-4-3-5-7-26)31-25-14-12-24(13-15-25)30-18-17-28-20-30/h3-21H,1-2H3. The normalized spacial score (nSPS) is 11.9. The first-order valence-electron chi connectivity index (χ1n) is 10.5. The number of aliphatic imine (C=N–C) groups is 1. The summed E-state index contributed by atoms with van der Waals surface area (Å²) in [6.45, 7) is 4.37. The third kappa shape index (κ3) is 5.99. The summed E-state index contributed by atoms with van der Waals surface area (Å²) in [7, 11) is 0. The van der Waals surface area contributed by atoms with Crippen LogP contribution in [0.1, 0.15) is 25.3 Å². The largest absolute Gasteiger partial charge is 0.439 e. The Balaban J connectivity index is 1.54. The number of benzene rings is 3. The van der Waals surface area contributed by atoms with Crippen LogP contribution in [0.3, 0.4) is 0 Å². The van der Waals surface area contributed by atoms with Gasteiger partial charge in [-0.2, -0.15) is 0 Å². The molecule has 4 rings (SSSR count). The van der Waals surface area contributed by atoms with Crippen LogP contribution in [0.2, 0.25) is 0 Å². The minimum atomic E-state index is 0.486. The number of thioether (sulfide) groups is 1. The molecule has 32 heavy (non-hydrogen) atoms. The molecule has 0 saturated heterocycles. The third-order valence-corrected chi connectivity index (χ3v) is 5.64. The highest BCUT2D eigenvalue weighted by atomic mass is 32.2. The number of ether oxygens (including phenoxy) is 1. The number of hydrogen-bond acceptors (Lipinski definition) is 4. The molecule has 1 heterocycles. The summed E-state index contributed by atoms with van der Waals surface area (Å²) in [4.78, 5) is 9.99. The van der Waals surface area contributed by atoms with Crippen LogP contribution in [0.15, 0.2) is 119 Å². The van der Waals surface area contributed by atoms with Crippen LogP contribution in [0.5, 0.6) is 5.75 Å². The number of hydrogen-bond donors (Lipinski definition) is 0. The van der Waals surface area contributed by atoms with Crippen molar-refractivity contribution in [3.05, 3.63) is 115 Å². The second-order valence-corrected chi connectivity index (χ2v) is 8.48. The van der Waals surface area contributed by atoms with Crippen molar-refractivity contribution >= 4 is 23.3 Å². The Morgan fingerprint density at radius 1 is 0.969 bits per heavy atom. The van der Waals surface area contributed by atoms with E-state index in [0.29, 0.717) is 11.8 Å². The molecule has 0 bridgehead atoms. The lowest BCUT2D eigenvalue weighted by Gasteiger charge is -2.09. The van der Waals surface area contributed by atoms with Gasteiger partial charge in [-0.3, -0.25) is 0 Å². The van der Waals surface area contributed by atoms with Gasteiger partial charge in [0.05, 0.1) is 12.0 Å². The van der Waals surface area contributed by atoms with Gasteiger partial charge < -0.3 is 9.30 Å². The van der Waals surface area contributed by atoms with Gasteiger partial charge in [-0.25, -0.2) is 9.98 Å². The fourth-order valence-corrected chi connectivity index (χ4v) is 3.70. The van der Waals surface area contributed by atoms with Crippen LogP contribution in [0.4, 0.5) is 5.69 Å². The lowest BCUT2D eigenvalue weighted by Crippen LogP contribution is -2.04. The van der Waals surface area contributed by atoms with E-state index in [-0.39, 0.29) is 0 Å². The number of rotatable bonds is 7. The zero-order chi connectivity index (χ0) is 22.2. The fraction of sp³-hybridized carbons (Fsp3) is 0.111. The van der Waals surface area contributed by atoms with Crippen molar-refractivity contribution in [3.8, 4) is 11.4 Å². The summed E-state index contributed by atoms with van der Waals surface area (Å²) >= 11 is 1.63. The van der Waals surface area contributed by atoms with Gasteiger partial charge >= 0.3 is 0 Å². The first-order valence-corrected chi connectivity index (χ1v) is 11.4. The Labute approximate surface area is 193 Å². The summed E-state index contributed by atoms with van der Waals surface area (Å²) in [6.07, 6.45) is 7.34. The van der Waals surface area contributed by atoms with E-state index in [1.165, 1.54) is 5.56 Å². The first-order chi connectivity index (χ1) is 15.7.